The van der Waals surface area contributed by atoms with Crippen LogP contribution in [-0.4, -0.2) is 25.9 Å². The van der Waals surface area contributed by atoms with E-state index in [-0.39, 0.29) is 17.7 Å². The Morgan fingerprint density at radius 2 is 1.38 bits per heavy atom. The molecule has 0 aliphatic heterocycles. The first kappa shape index (κ1) is 27.2. The van der Waals surface area contributed by atoms with Crippen molar-refractivity contribution in [1.29, 1.82) is 0 Å². The van der Waals surface area contributed by atoms with Crippen LogP contribution in [0.3, 0.4) is 0 Å². The van der Waals surface area contributed by atoms with Crippen LogP contribution in [0.5, 0.6) is 0 Å². The molecule has 40 heavy (non-hydrogen) atoms. The van der Waals surface area contributed by atoms with Crippen molar-refractivity contribution < 1.29 is 9.59 Å². The molecule has 4 aromatic carbocycles. The molecule has 1 aliphatic carbocycles. The minimum atomic E-state index is -0.192. The number of benzene rings is 4. The standard InChI is InChI=1S/C35H37N3O2/c1-37(2)32-22-20-28(21-23-32)27-18-16-26(17-19-27)25-38(35(40)29-10-5-3-6-11-29)33-15-9-12-30(24-33)34(39)36-31-13-7-4-8-14-31/h4,7-9,12-24,29H,3,5-6,10-11,25H2,1-2H3,(H,36,39). The third-order valence-corrected chi connectivity index (χ3v) is 7.68. The molecule has 1 N–H and O–H groups in total. The molecule has 1 fully saturated rings. The summed E-state index contributed by atoms with van der Waals surface area (Å²) in [5.41, 5.74) is 6.53. The molecule has 0 atom stereocenters. The molecule has 4 aromatic rings. The van der Waals surface area contributed by atoms with E-state index in [1.807, 2.05) is 67.5 Å². The maximum atomic E-state index is 13.9. The fourth-order valence-corrected chi connectivity index (χ4v) is 5.34. The van der Waals surface area contributed by atoms with Gasteiger partial charge in [0, 0.05) is 42.6 Å². The van der Waals surface area contributed by atoms with Crippen molar-refractivity contribution in [1.82, 2.24) is 0 Å². The molecule has 5 nitrogen and oxygen atoms in total. The van der Waals surface area contributed by atoms with Gasteiger partial charge in [0.2, 0.25) is 5.91 Å². The van der Waals surface area contributed by atoms with Gasteiger partial charge in [-0.3, -0.25) is 9.59 Å². The zero-order valence-corrected chi connectivity index (χ0v) is 23.3. The SMILES string of the molecule is CN(C)c1ccc(-c2ccc(CN(C(=O)C3CCCCC3)c3cccc(C(=O)Nc4ccccc4)c3)cc2)cc1. The van der Waals surface area contributed by atoms with Gasteiger partial charge >= 0.3 is 0 Å². The summed E-state index contributed by atoms with van der Waals surface area (Å²) in [4.78, 5) is 30.9. The van der Waals surface area contributed by atoms with Crippen LogP contribution in [0.2, 0.25) is 0 Å². The van der Waals surface area contributed by atoms with E-state index in [1.54, 1.807) is 6.07 Å². The number of anilines is 3. The number of nitrogens with one attached hydrogen (secondary N) is 1. The molecule has 0 saturated heterocycles. The van der Waals surface area contributed by atoms with E-state index < -0.39 is 0 Å². The van der Waals surface area contributed by atoms with Crippen molar-refractivity contribution in [2.45, 2.75) is 38.6 Å². The van der Waals surface area contributed by atoms with Gasteiger partial charge in [0.25, 0.3) is 5.91 Å². The van der Waals surface area contributed by atoms with Gasteiger partial charge in [0.1, 0.15) is 0 Å². The lowest BCUT2D eigenvalue weighted by Crippen LogP contribution is -2.36. The summed E-state index contributed by atoms with van der Waals surface area (Å²) in [7, 11) is 4.07. The fourth-order valence-electron chi connectivity index (χ4n) is 5.34. The summed E-state index contributed by atoms with van der Waals surface area (Å²) < 4.78 is 0. The molecule has 0 spiro atoms. The quantitative estimate of drug-likeness (QED) is 0.253. The van der Waals surface area contributed by atoms with E-state index >= 15 is 0 Å². The first-order valence-electron chi connectivity index (χ1n) is 14.1. The van der Waals surface area contributed by atoms with Crippen LogP contribution < -0.4 is 15.1 Å². The second-order valence-electron chi connectivity index (χ2n) is 10.8. The van der Waals surface area contributed by atoms with Crippen molar-refractivity contribution in [3.05, 3.63) is 114 Å². The van der Waals surface area contributed by atoms with Crippen molar-refractivity contribution >= 4 is 28.9 Å². The zero-order valence-electron chi connectivity index (χ0n) is 23.3. The van der Waals surface area contributed by atoms with Gasteiger partial charge in [-0.15, -0.1) is 0 Å². The minimum absolute atomic E-state index is 0.0186. The molecule has 1 saturated carbocycles. The third kappa shape index (κ3) is 6.60. The summed E-state index contributed by atoms with van der Waals surface area (Å²) in [5.74, 6) is -0.0311. The molecule has 204 valence electrons. The van der Waals surface area contributed by atoms with Gasteiger partial charge in [0.05, 0.1) is 6.54 Å². The van der Waals surface area contributed by atoms with E-state index in [9.17, 15) is 9.59 Å². The number of amides is 2. The van der Waals surface area contributed by atoms with E-state index in [0.717, 1.165) is 59.4 Å². The number of hydrogen-bond acceptors (Lipinski definition) is 3. The lowest BCUT2D eigenvalue weighted by molar-refractivity contribution is -0.123. The van der Waals surface area contributed by atoms with Crippen LogP contribution in [0.25, 0.3) is 11.1 Å². The molecule has 0 unspecified atom stereocenters. The third-order valence-electron chi connectivity index (χ3n) is 7.68. The maximum absolute atomic E-state index is 13.9. The average Bonchev–Trinajstić information content (AvgIpc) is 3.01. The number of para-hydroxylation sites is 1. The second-order valence-corrected chi connectivity index (χ2v) is 10.8. The molecule has 1 aliphatic rings. The highest BCUT2D eigenvalue weighted by atomic mass is 16.2. The Balaban J connectivity index is 1.39. The summed E-state index contributed by atoms with van der Waals surface area (Å²) in [6, 6.07) is 33.8. The van der Waals surface area contributed by atoms with Crippen LogP contribution in [0, 0.1) is 5.92 Å². The van der Waals surface area contributed by atoms with Crippen molar-refractivity contribution in [3.63, 3.8) is 0 Å². The minimum Gasteiger partial charge on any atom is -0.378 e. The van der Waals surface area contributed by atoms with Gasteiger partial charge in [-0.05, 0) is 72.0 Å². The zero-order chi connectivity index (χ0) is 27.9. The second kappa shape index (κ2) is 12.6. The maximum Gasteiger partial charge on any atom is 0.255 e. The molecule has 5 rings (SSSR count). The summed E-state index contributed by atoms with van der Waals surface area (Å²) >= 11 is 0. The fraction of sp³-hybridized carbons (Fsp3) is 0.257. The average molecular weight is 532 g/mol. The summed E-state index contributed by atoms with van der Waals surface area (Å²) in [6.07, 6.45) is 5.21. The molecule has 0 bridgehead atoms. The topological polar surface area (TPSA) is 52.7 Å². The molecule has 0 heterocycles. The van der Waals surface area contributed by atoms with Gasteiger partial charge in [-0.2, -0.15) is 0 Å². The molecular formula is C35H37N3O2. The number of nitrogens with zero attached hydrogens (tertiary/aromatic N) is 2. The summed E-state index contributed by atoms with van der Waals surface area (Å²) in [6.45, 7) is 0.457. The van der Waals surface area contributed by atoms with Crippen LogP contribution in [-0.2, 0) is 11.3 Å². The molecule has 0 aromatic heterocycles. The number of rotatable bonds is 8. The predicted molar refractivity (Wildman–Crippen MR) is 165 cm³/mol. The monoisotopic (exact) mass is 531 g/mol. The van der Waals surface area contributed by atoms with Gasteiger partial charge in [0.15, 0.2) is 0 Å². The highest BCUT2D eigenvalue weighted by molar-refractivity contribution is 6.05. The Morgan fingerprint density at radius 1 is 0.725 bits per heavy atom. The molecule has 0 radical (unpaired) electrons. The van der Waals surface area contributed by atoms with Gasteiger partial charge in [-0.25, -0.2) is 0 Å². The van der Waals surface area contributed by atoms with Crippen molar-refractivity contribution in [2.24, 2.45) is 5.92 Å². The Morgan fingerprint density at radius 3 is 2.02 bits per heavy atom. The lowest BCUT2D eigenvalue weighted by Gasteiger charge is -2.30. The Kier molecular flexibility index (Phi) is 8.60. The first-order valence-corrected chi connectivity index (χ1v) is 14.1. The van der Waals surface area contributed by atoms with E-state index in [0.29, 0.717) is 12.1 Å². The largest absolute Gasteiger partial charge is 0.378 e. The molecular weight excluding hydrogens is 494 g/mol. The lowest BCUT2D eigenvalue weighted by atomic mass is 9.88. The Labute approximate surface area is 237 Å². The Bertz CT molecular complexity index is 1420. The summed E-state index contributed by atoms with van der Waals surface area (Å²) in [5, 5.41) is 2.95. The van der Waals surface area contributed by atoms with E-state index in [4.69, 9.17) is 0 Å². The first-order chi connectivity index (χ1) is 19.5. The smallest absolute Gasteiger partial charge is 0.255 e. The van der Waals surface area contributed by atoms with Crippen LogP contribution in [0.1, 0.15) is 48.0 Å². The van der Waals surface area contributed by atoms with Crippen molar-refractivity contribution in [3.8, 4) is 11.1 Å². The molecule has 5 heteroatoms. The van der Waals surface area contributed by atoms with Gasteiger partial charge in [-0.1, -0.05) is 79.9 Å². The highest BCUT2D eigenvalue weighted by Crippen LogP contribution is 2.30. The number of hydrogen-bond donors (Lipinski definition) is 1. The van der Waals surface area contributed by atoms with E-state index in [1.165, 1.54) is 6.42 Å². The normalized spacial score (nSPS) is 13.4. The van der Waals surface area contributed by atoms with E-state index in [2.05, 4.69) is 58.7 Å². The molecule has 2 amide bonds. The van der Waals surface area contributed by atoms with Crippen LogP contribution in [0.15, 0.2) is 103 Å². The Hall–Kier alpha value is -4.38. The number of carbonyl (C=O) groups excluding carboxylic acids is 2. The highest BCUT2D eigenvalue weighted by Gasteiger charge is 2.27. The van der Waals surface area contributed by atoms with Gasteiger partial charge < -0.3 is 15.1 Å². The van der Waals surface area contributed by atoms with Crippen LogP contribution >= 0.6 is 0 Å². The number of carbonyl (C=O) groups is 2. The predicted octanol–water partition coefficient (Wildman–Crippen LogP) is 7.79. The van der Waals surface area contributed by atoms with Crippen LogP contribution in [0.4, 0.5) is 17.1 Å². The van der Waals surface area contributed by atoms with Crippen molar-refractivity contribution in [2.75, 3.05) is 29.2 Å².